The van der Waals surface area contributed by atoms with Gasteiger partial charge in [-0.05, 0) is 49.4 Å². The summed E-state index contributed by atoms with van der Waals surface area (Å²) in [5, 5.41) is 18.2. The Kier molecular flexibility index (Phi) is 6.60. The Labute approximate surface area is 196 Å². The van der Waals surface area contributed by atoms with Gasteiger partial charge in [0.05, 0.1) is 22.7 Å². The van der Waals surface area contributed by atoms with Crippen molar-refractivity contribution in [3.8, 4) is 11.6 Å². The third-order valence-corrected chi connectivity index (χ3v) is 6.75. The summed E-state index contributed by atoms with van der Waals surface area (Å²) in [6, 6.07) is 21.2. The predicted molar refractivity (Wildman–Crippen MR) is 128 cm³/mol. The molecular formula is C24H22N4O5S. The summed E-state index contributed by atoms with van der Waals surface area (Å²) >= 11 is 0. The molecule has 2 N–H and O–H groups in total. The fourth-order valence-electron chi connectivity index (χ4n) is 3.39. The fraction of sp³-hybridized carbons (Fsp3) is 0.125. The number of para-hydroxylation sites is 2. The van der Waals surface area contributed by atoms with Gasteiger partial charge in [-0.3, -0.25) is 9.10 Å². The van der Waals surface area contributed by atoms with Crippen molar-refractivity contribution in [2.75, 3.05) is 17.5 Å². The number of amides is 1. The highest BCUT2D eigenvalue weighted by Crippen LogP contribution is 2.35. The molecule has 4 aromatic rings. The van der Waals surface area contributed by atoms with Crippen LogP contribution in [0.25, 0.3) is 10.9 Å². The van der Waals surface area contributed by atoms with Gasteiger partial charge in [-0.1, -0.05) is 36.4 Å². The van der Waals surface area contributed by atoms with Crippen LogP contribution in [0.5, 0.6) is 11.6 Å². The van der Waals surface area contributed by atoms with Crippen LogP contribution in [0, 0.1) is 0 Å². The van der Waals surface area contributed by atoms with Crippen LogP contribution < -0.4 is 9.04 Å². The molecule has 0 saturated heterocycles. The minimum absolute atomic E-state index is 0.00109. The lowest BCUT2D eigenvalue weighted by Crippen LogP contribution is -2.35. The van der Waals surface area contributed by atoms with Crippen molar-refractivity contribution in [3.63, 3.8) is 0 Å². The number of rotatable bonds is 8. The van der Waals surface area contributed by atoms with Crippen molar-refractivity contribution in [1.82, 2.24) is 4.98 Å². The molecule has 34 heavy (non-hydrogen) atoms. The molecule has 174 valence electrons. The Bertz CT molecular complexity index is 1430. The molecule has 4 rings (SSSR count). The van der Waals surface area contributed by atoms with E-state index >= 15 is 0 Å². The standard InChI is InChI=1S/C24H22N4O5S/c1-2-33-18-12-14-19(15-13-18)34(31,32)28(17-8-4-3-5-9-17)16-22(29)26-27-23-20-10-6-7-11-21(20)25-24(23)30/h3-15,25,30H,2,16H2,1H3. The van der Waals surface area contributed by atoms with Gasteiger partial charge in [0, 0.05) is 5.39 Å². The summed E-state index contributed by atoms with van der Waals surface area (Å²) in [7, 11) is -4.10. The number of hydrogen-bond acceptors (Lipinski definition) is 6. The van der Waals surface area contributed by atoms with Gasteiger partial charge in [0.2, 0.25) is 5.88 Å². The van der Waals surface area contributed by atoms with Gasteiger partial charge in [-0.25, -0.2) is 8.42 Å². The lowest BCUT2D eigenvalue weighted by molar-refractivity contribution is -0.116. The summed E-state index contributed by atoms with van der Waals surface area (Å²) in [5.41, 5.74) is 1.03. The van der Waals surface area contributed by atoms with Gasteiger partial charge < -0.3 is 14.8 Å². The Morgan fingerprint density at radius 3 is 2.38 bits per heavy atom. The van der Waals surface area contributed by atoms with Gasteiger partial charge in [-0.2, -0.15) is 0 Å². The average Bonchev–Trinajstić information content (AvgIpc) is 3.17. The summed E-state index contributed by atoms with van der Waals surface area (Å²) in [6.07, 6.45) is 0. The lowest BCUT2D eigenvalue weighted by atomic mass is 10.2. The van der Waals surface area contributed by atoms with Crippen LogP contribution in [0.4, 0.5) is 11.4 Å². The van der Waals surface area contributed by atoms with E-state index in [1.165, 1.54) is 12.1 Å². The molecule has 1 amide bonds. The number of carbonyl (C=O) groups is 1. The smallest absolute Gasteiger partial charge is 0.285 e. The summed E-state index contributed by atoms with van der Waals surface area (Å²) in [6.45, 7) is 1.71. The number of azo groups is 1. The Morgan fingerprint density at radius 2 is 1.68 bits per heavy atom. The molecular weight excluding hydrogens is 456 g/mol. The largest absolute Gasteiger partial charge is 0.494 e. The highest BCUT2D eigenvalue weighted by Gasteiger charge is 2.27. The zero-order valence-corrected chi connectivity index (χ0v) is 19.1. The van der Waals surface area contributed by atoms with E-state index in [1.807, 2.05) is 6.92 Å². The van der Waals surface area contributed by atoms with E-state index in [4.69, 9.17) is 4.74 Å². The van der Waals surface area contributed by atoms with Crippen LogP contribution in [0.15, 0.2) is 94.0 Å². The van der Waals surface area contributed by atoms with Crippen molar-refractivity contribution in [3.05, 3.63) is 78.9 Å². The number of H-pyrrole nitrogens is 1. The molecule has 0 fully saturated rings. The van der Waals surface area contributed by atoms with Gasteiger partial charge in [0.25, 0.3) is 15.9 Å². The number of carbonyl (C=O) groups excluding carboxylic acids is 1. The van der Waals surface area contributed by atoms with E-state index < -0.39 is 22.5 Å². The number of hydrogen-bond donors (Lipinski definition) is 2. The van der Waals surface area contributed by atoms with Crippen molar-refractivity contribution < 1.29 is 23.1 Å². The molecule has 0 aliphatic heterocycles. The number of sulfonamides is 1. The van der Waals surface area contributed by atoms with E-state index in [0.717, 1.165) is 4.31 Å². The molecule has 0 aliphatic carbocycles. The molecule has 0 saturated carbocycles. The van der Waals surface area contributed by atoms with E-state index in [2.05, 4.69) is 15.2 Å². The number of aromatic amines is 1. The second kappa shape index (κ2) is 9.75. The summed E-state index contributed by atoms with van der Waals surface area (Å²) in [5.74, 6) is -0.501. The van der Waals surface area contributed by atoms with Crippen LogP contribution in [-0.2, 0) is 14.8 Å². The van der Waals surface area contributed by atoms with Gasteiger partial charge >= 0.3 is 0 Å². The maximum absolute atomic E-state index is 13.4. The van der Waals surface area contributed by atoms with Crippen LogP contribution in [0.2, 0.25) is 0 Å². The zero-order valence-electron chi connectivity index (χ0n) is 18.2. The minimum atomic E-state index is -4.10. The van der Waals surface area contributed by atoms with Crippen molar-refractivity contribution in [1.29, 1.82) is 0 Å². The normalized spacial score (nSPS) is 11.7. The zero-order chi connectivity index (χ0) is 24.1. The van der Waals surface area contributed by atoms with Crippen LogP contribution >= 0.6 is 0 Å². The van der Waals surface area contributed by atoms with Gasteiger partial charge in [0.1, 0.15) is 12.3 Å². The third-order valence-electron chi connectivity index (χ3n) is 4.97. The number of ether oxygens (including phenoxy) is 1. The molecule has 0 bridgehead atoms. The number of nitrogens with one attached hydrogen (secondary N) is 1. The first-order valence-electron chi connectivity index (χ1n) is 10.4. The highest BCUT2D eigenvalue weighted by molar-refractivity contribution is 7.92. The number of nitrogens with zero attached hydrogens (tertiary/aromatic N) is 3. The number of benzene rings is 3. The Hall–Kier alpha value is -4.18. The Balaban J connectivity index is 1.63. The second-order valence-corrected chi connectivity index (χ2v) is 9.08. The summed E-state index contributed by atoms with van der Waals surface area (Å²) in [4.78, 5) is 15.5. The lowest BCUT2D eigenvalue weighted by Gasteiger charge is -2.23. The van der Waals surface area contributed by atoms with E-state index in [-0.39, 0.29) is 16.5 Å². The van der Waals surface area contributed by atoms with Gasteiger partial charge in [-0.15, -0.1) is 10.2 Å². The second-order valence-electron chi connectivity index (χ2n) is 7.21. The van der Waals surface area contributed by atoms with Crippen LogP contribution in [0.1, 0.15) is 6.92 Å². The predicted octanol–water partition coefficient (Wildman–Crippen LogP) is 4.78. The molecule has 9 nitrogen and oxygen atoms in total. The topological polar surface area (TPSA) is 124 Å². The first-order chi connectivity index (χ1) is 16.4. The molecule has 1 aromatic heterocycles. The summed E-state index contributed by atoms with van der Waals surface area (Å²) < 4.78 is 33.2. The fourth-order valence-corrected chi connectivity index (χ4v) is 4.80. The van der Waals surface area contributed by atoms with Crippen molar-refractivity contribution in [2.45, 2.75) is 11.8 Å². The van der Waals surface area contributed by atoms with Crippen LogP contribution in [-0.4, -0.2) is 37.6 Å². The van der Waals surface area contributed by atoms with E-state index in [0.29, 0.717) is 28.9 Å². The quantitative estimate of drug-likeness (QED) is 0.353. The SMILES string of the molecule is CCOc1ccc(S(=O)(=O)N(CC(=O)N=Nc2c(O)[nH]c3ccccc23)c2ccccc2)cc1. The molecule has 0 atom stereocenters. The highest BCUT2D eigenvalue weighted by atomic mass is 32.2. The average molecular weight is 479 g/mol. The van der Waals surface area contributed by atoms with Crippen LogP contribution in [0.3, 0.4) is 0 Å². The van der Waals surface area contributed by atoms with E-state index in [1.54, 1.807) is 66.7 Å². The maximum Gasteiger partial charge on any atom is 0.285 e. The van der Waals surface area contributed by atoms with Gasteiger partial charge in [0.15, 0.2) is 5.69 Å². The van der Waals surface area contributed by atoms with Crippen molar-refractivity contribution in [2.24, 2.45) is 10.2 Å². The molecule has 10 heteroatoms. The monoisotopic (exact) mass is 478 g/mol. The molecule has 3 aromatic carbocycles. The third kappa shape index (κ3) is 4.76. The molecule has 0 radical (unpaired) electrons. The Morgan fingerprint density at radius 1 is 1.00 bits per heavy atom. The maximum atomic E-state index is 13.4. The molecule has 0 spiro atoms. The number of fused-ring (bicyclic) bond motifs is 1. The number of aromatic hydroxyl groups is 1. The van der Waals surface area contributed by atoms with E-state index in [9.17, 15) is 18.3 Å². The first-order valence-corrected chi connectivity index (χ1v) is 11.9. The molecule has 0 unspecified atom stereocenters. The minimum Gasteiger partial charge on any atom is -0.494 e. The number of aromatic nitrogens is 1. The van der Waals surface area contributed by atoms with Crippen molar-refractivity contribution >= 4 is 38.2 Å². The molecule has 1 heterocycles. The molecule has 0 aliphatic rings. The first kappa shape index (κ1) is 23.0. The number of anilines is 1.